The van der Waals surface area contributed by atoms with Gasteiger partial charge in [-0.15, -0.1) is 0 Å². The van der Waals surface area contributed by atoms with Gasteiger partial charge in [-0.1, -0.05) is 28.1 Å². The number of aromatic hydroxyl groups is 1. The van der Waals surface area contributed by atoms with Crippen LogP contribution in [0.4, 0.5) is 10.1 Å². The Morgan fingerprint density at radius 3 is 2.67 bits per heavy atom. The zero-order valence-corrected chi connectivity index (χ0v) is 11.5. The summed E-state index contributed by atoms with van der Waals surface area (Å²) < 4.78 is 14.5. The third-order valence-corrected chi connectivity index (χ3v) is 3.21. The van der Waals surface area contributed by atoms with Gasteiger partial charge in [-0.05, 0) is 30.3 Å². The minimum absolute atomic E-state index is 0.210. The Bertz CT molecular complexity index is 559. The maximum atomic E-state index is 13.6. The Morgan fingerprint density at radius 2 is 1.94 bits per heavy atom. The van der Waals surface area contributed by atoms with Crippen LogP contribution in [0.2, 0.25) is 0 Å². The van der Waals surface area contributed by atoms with Crippen molar-refractivity contribution in [2.45, 2.75) is 6.54 Å². The second kappa shape index (κ2) is 5.40. The van der Waals surface area contributed by atoms with Crippen LogP contribution in [0.15, 0.2) is 46.9 Å². The van der Waals surface area contributed by atoms with Crippen molar-refractivity contribution in [2.24, 2.45) is 0 Å². The van der Waals surface area contributed by atoms with Crippen LogP contribution in [-0.2, 0) is 6.54 Å². The molecular formula is C14H13BrFNO. The lowest BCUT2D eigenvalue weighted by Crippen LogP contribution is -2.17. The zero-order chi connectivity index (χ0) is 13.1. The molecule has 0 aliphatic rings. The summed E-state index contributed by atoms with van der Waals surface area (Å²) in [5.74, 6) is -0.0594. The summed E-state index contributed by atoms with van der Waals surface area (Å²) in [6.45, 7) is 0.437. The summed E-state index contributed by atoms with van der Waals surface area (Å²) in [6.07, 6.45) is 0. The number of halogens is 2. The van der Waals surface area contributed by atoms with Crippen LogP contribution >= 0.6 is 15.9 Å². The molecule has 1 N–H and O–H groups in total. The highest BCUT2D eigenvalue weighted by Gasteiger charge is 2.09. The van der Waals surface area contributed by atoms with E-state index in [1.54, 1.807) is 42.3 Å². The summed E-state index contributed by atoms with van der Waals surface area (Å²) >= 11 is 3.35. The molecule has 0 aliphatic heterocycles. The van der Waals surface area contributed by atoms with Crippen LogP contribution < -0.4 is 4.90 Å². The van der Waals surface area contributed by atoms with E-state index in [9.17, 15) is 9.50 Å². The van der Waals surface area contributed by atoms with Gasteiger partial charge in [0.05, 0.1) is 5.69 Å². The van der Waals surface area contributed by atoms with Crippen molar-refractivity contribution in [1.82, 2.24) is 0 Å². The van der Waals surface area contributed by atoms with Gasteiger partial charge in [0.25, 0.3) is 0 Å². The average Bonchev–Trinajstić information content (AvgIpc) is 2.34. The van der Waals surface area contributed by atoms with E-state index in [4.69, 9.17) is 0 Å². The number of hydrogen-bond acceptors (Lipinski definition) is 2. The third-order valence-electron chi connectivity index (χ3n) is 2.71. The van der Waals surface area contributed by atoms with Gasteiger partial charge in [0.2, 0.25) is 0 Å². The third kappa shape index (κ3) is 2.82. The number of anilines is 1. The lowest BCUT2D eigenvalue weighted by atomic mass is 10.2. The first kappa shape index (κ1) is 12.9. The average molecular weight is 310 g/mol. The molecule has 2 aromatic carbocycles. The van der Waals surface area contributed by atoms with Crippen molar-refractivity contribution in [3.8, 4) is 5.75 Å². The number of hydrogen-bond donors (Lipinski definition) is 1. The summed E-state index contributed by atoms with van der Waals surface area (Å²) in [6, 6.07) is 11.8. The van der Waals surface area contributed by atoms with Crippen molar-refractivity contribution in [1.29, 1.82) is 0 Å². The number of rotatable bonds is 3. The molecule has 0 aliphatic carbocycles. The first-order valence-corrected chi connectivity index (χ1v) is 6.30. The van der Waals surface area contributed by atoms with Gasteiger partial charge in [-0.3, -0.25) is 0 Å². The van der Waals surface area contributed by atoms with Gasteiger partial charge >= 0.3 is 0 Å². The molecule has 0 spiro atoms. The Labute approximate surface area is 114 Å². The fourth-order valence-corrected chi connectivity index (χ4v) is 2.19. The number of phenolic OH excluding ortho intramolecular Hbond substituents is 1. The number of benzene rings is 2. The van der Waals surface area contributed by atoms with E-state index in [1.807, 2.05) is 6.07 Å². The van der Waals surface area contributed by atoms with Crippen molar-refractivity contribution in [3.05, 3.63) is 58.3 Å². The summed E-state index contributed by atoms with van der Waals surface area (Å²) in [5.41, 5.74) is 1.26. The van der Waals surface area contributed by atoms with Gasteiger partial charge in [-0.25, -0.2) is 4.39 Å². The van der Waals surface area contributed by atoms with E-state index in [-0.39, 0.29) is 11.6 Å². The molecule has 0 atom stereocenters. The minimum Gasteiger partial charge on any atom is -0.508 e. The van der Waals surface area contributed by atoms with Crippen LogP contribution in [0.5, 0.6) is 5.75 Å². The maximum absolute atomic E-state index is 13.6. The maximum Gasteiger partial charge on any atom is 0.146 e. The lowest BCUT2D eigenvalue weighted by molar-refractivity contribution is 0.467. The normalized spacial score (nSPS) is 10.4. The second-order valence-corrected chi connectivity index (χ2v) is 5.00. The van der Waals surface area contributed by atoms with Crippen LogP contribution in [0.3, 0.4) is 0 Å². The molecule has 0 saturated carbocycles. The predicted octanol–water partition coefficient (Wildman–Crippen LogP) is 3.93. The minimum atomic E-state index is -0.269. The number of nitrogens with zero attached hydrogens (tertiary/aromatic N) is 1. The number of para-hydroxylation sites is 1. The fraction of sp³-hybridized carbons (Fsp3) is 0.143. The van der Waals surface area contributed by atoms with E-state index in [0.29, 0.717) is 12.2 Å². The van der Waals surface area contributed by atoms with Crippen LogP contribution in [0.25, 0.3) is 0 Å². The zero-order valence-electron chi connectivity index (χ0n) is 9.90. The Morgan fingerprint density at radius 1 is 1.22 bits per heavy atom. The van der Waals surface area contributed by atoms with E-state index < -0.39 is 0 Å². The molecule has 2 rings (SSSR count). The molecular weight excluding hydrogens is 297 g/mol. The monoisotopic (exact) mass is 309 g/mol. The molecule has 18 heavy (non-hydrogen) atoms. The van der Waals surface area contributed by atoms with Crippen molar-refractivity contribution in [2.75, 3.05) is 11.9 Å². The van der Waals surface area contributed by atoms with Gasteiger partial charge in [-0.2, -0.15) is 0 Å². The predicted molar refractivity (Wildman–Crippen MR) is 74.3 cm³/mol. The van der Waals surface area contributed by atoms with Crippen molar-refractivity contribution in [3.63, 3.8) is 0 Å². The van der Waals surface area contributed by atoms with Crippen LogP contribution in [0, 0.1) is 5.82 Å². The van der Waals surface area contributed by atoms with E-state index in [1.165, 1.54) is 6.07 Å². The highest BCUT2D eigenvalue weighted by atomic mass is 79.9. The lowest BCUT2D eigenvalue weighted by Gasteiger charge is -2.20. The summed E-state index contributed by atoms with van der Waals surface area (Å²) in [4.78, 5) is 1.76. The van der Waals surface area contributed by atoms with Gasteiger partial charge in [0.15, 0.2) is 0 Å². The van der Waals surface area contributed by atoms with Gasteiger partial charge in [0.1, 0.15) is 11.6 Å². The first-order chi connectivity index (χ1) is 8.58. The molecule has 2 aromatic rings. The molecule has 2 nitrogen and oxygen atoms in total. The molecule has 94 valence electrons. The molecule has 0 bridgehead atoms. The Kier molecular flexibility index (Phi) is 3.87. The largest absolute Gasteiger partial charge is 0.508 e. The fourth-order valence-electron chi connectivity index (χ4n) is 1.78. The van der Waals surface area contributed by atoms with E-state index >= 15 is 0 Å². The quantitative estimate of drug-likeness (QED) is 0.928. The molecule has 0 unspecified atom stereocenters. The highest BCUT2D eigenvalue weighted by Crippen LogP contribution is 2.25. The smallest absolute Gasteiger partial charge is 0.146 e. The van der Waals surface area contributed by atoms with Gasteiger partial charge < -0.3 is 10.0 Å². The topological polar surface area (TPSA) is 23.5 Å². The van der Waals surface area contributed by atoms with Gasteiger partial charge in [0, 0.05) is 23.6 Å². The Balaban J connectivity index is 2.24. The molecule has 0 radical (unpaired) electrons. The molecule has 0 aromatic heterocycles. The van der Waals surface area contributed by atoms with Crippen LogP contribution in [-0.4, -0.2) is 12.2 Å². The van der Waals surface area contributed by atoms with E-state index in [0.717, 1.165) is 10.0 Å². The van der Waals surface area contributed by atoms with Crippen LogP contribution in [0.1, 0.15) is 5.56 Å². The first-order valence-electron chi connectivity index (χ1n) is 5.51. The molecule has 0 fully saturated rings. The SMILES string of the molecule is CN(Cc1cc(Br)ccc1O)c1ccccc1F. The molecule has 0 amide bonds. The van der Waals surface area contributed by atoms with E-state index in [2.05, 4.69) is 15.9 Å². The molecule has 0 saturated heterocycles. The summed E-state index contributed by atoms with van der Waals surface area (Å²) in [5, 5.41) is 9.76. The highest BCUT2D eigenvalue weighted by molar-refractivity contribution is 9.10. The van der Waals surface area contributed by atoms with Crippen molar-refractivity contribution >= 4 is 21.6 Å². The molecule has 4 heteroatoms. The Hall–Kier alpha value is -1.55. The molecule has 0 heterocycles. The summed E-state index contributed by atoms with van der Waals surface area (Å²) in [7, 11) is 1.79. The number of phenols is 1. The second-order valence-electron chi connectivity index (χ2n) is 4.08. The van der Waals surface area contributed by atoms with Crippen molar-refractivity contribution < 1.29 is 9.50 Å². The standard InChI is InChI=1S/C14H13BrFNO/c1-17(13-5-3-2-4-12(13)16)9-10-8-11(15)6-7-14(10)18/h2-8,18H,9H2,1H3.